The fourth-order valence-electron chi connectivity index (χ4n) is 13.5. The Hall–Kier alpha value is -15.2. The van der Waals surface area contributed by atoms with Crippen LogP contribution in [0.1, 0.15) is 102 Å². The van der Waals surface area contributed by atoms with Crippen molar-refractivity contribution in [3.63, 3.8) is 0 Å². The largest absolute Gasteiger partial charge is 0.481 e. The van der Waals surface area contributed by atoms with Crippen molar-refractivity contribution in [2.24, 2.45) is 0 Å². The van der Waals surface area contributed by atoms with E-state index in [1.165, 1.54) is 30.3 Å². The fraction of sp³-hybridized carbons (Fsp3) is 0.146. The highest BCUT2D eigenvalue weighted by Gasteiger charge is 2.20. The van der Waals surface area contributed by atoms with Gasteiger partial charge in [-0.1, -0.05) is 231 Å². The number of nitrogen functional groups attached to an aromatic ring is 1. The minimum Gasteiger partial charge on any atom is -0.481 e. The summed E-state index contributed by atoms with van der Waals surface area (Å²) in [5.74, 6) is -3.48. The summed E-state index contributed by atoms with van der Waals surface area (Å²) >= 11 is 0. The van der Waals surface area contributed by atoms with Crippen molar-refractivity contribution in [3.05, 3.63) is 385 Å². The molecule has 1 saturated heterocycles. The Balaban J connectivity index is 0.000000147. The second kappa shape index (κ2) is 46.6. The molecule has 0 spiro atoms. The number of aromatic amines is 3. The average Bonchev–Trinajstić information content (AvgIpc) is 1.70. The number of nitrogens with two attached hydrogens (primary N) is 1. The van der Waals surface area contributed by atoms with E-state index in [-0.39, 0.29) is 78.5 Å². The number of carboxylic acid groups (broad SMARTS) is 2. The number of carbonyl (C=O) groups excluding carboxylic acids is 5. The first-order valence-corrected chi connectivity index (χ1v) is 40.6. The van der Waals surface area contributed by atoms with Gasteiger partial charge in [-0.25, -0.2) is 36.9 Å². The number of hydrogen-bond acceptors (Lipinski definition) is 12. The molecule has 4 heterocycles. The number of anilines is 1. The van der Waals surface area contributed by atoms with Gasteiger partial charge in [0.15, 0.2) is 5.78 Å². The molecule has 7 N–H and O–H groups in total. The van der Waals surface area contributed by atoms with Crippen molar-refractivity contribution >= 4 is 80.0 Å². The number of ether oxygens (including phenoxy) is 1. The minimum atomic E-state index is -0.999. The molecule has 3 aromatic heterocycles. The number of nitrogens with zero attached hydrogens (tertiary/aromatic N) is 3. The summed E-state index contributed by atoms with van der Waals surface area (Å²) in [6.45, 7) is 0. The SMILES string of the molecule is Fc1ccccc1-c1ccccc1.Nc1ccc2nc[nH]c2c1.O=C(CCCc1ccc(-c2ccccc2F)cc1)Cc1ccc2nc[nH]c2c1.O=C(CCCc1ccc(-c2ccccc2F)cc1)Cc1ccc2nc[nH]c2c1.O=C(O)CCC(=O)c1ccc(-c2ccccc2F)cc1.O=C(O)CCCc1ccc(-c2ccccc2F)cc1.O=C1CCC(=O)O1. The molecule has 125 heavy (non-hydrogen) atoms. The van der Waals surface area contributed by atoms with Crippen LogP contribution in [-0.2, 0) is 65.6 Å². The Morgan fingerprint density at radius 3 is 0.952 bits per heavy atom. The number of carboxylic acids is 2. The molecule has 17 nitrogen and oxygen atoms in total. The number of imidazole rings is 3. The first-order chi connectivity index (χ1) is 60.6. The van der Waals surface area contributed by atoms with E-state index >= 15 is 0 Å². The highest BCUT2D eigenvalue weighted by molar-refractivity contribution is 5.98. The molecule has 1 aliphatic heterocycles. The number of halogens is 5. The lowest BCUT2D eigenvalue weighted by molar-refractivity contribution is -0.152. The van der Waals surface area contributed by atoms with E-state index in [4.69, 9.17) is 15.9 Å². The number of benzene rings is 13. The molecule has 13 aromatic carbocycles. The van der Waals surface area contributed by atoms with E-state index in [1.807, 2.05) is 176 Å². The van der Waals surface area contributed by atoms with Crippen LogP contribution in [0.2, 0.25) is 0 Å². The average molecular weight is 1680 g/mol. The van der Waals surface area contributed by atoms with Crippen LogP contribution in [0.4, 0.5) is 27.6 Å². The third-order valence-corrected chi connectivity index (χ3v) is 20.0. The van der Waals surface area contributed by atoms with Gasteiger partial charge < -0.3 is 35.6 Å². The highest BCUT2D eigenvalue weighted by atomic mass is 19.1. The maximum atomic E-state index is 13.9. The summed E-state index contributed by atoms with van der Waals surface area (Å²) in [4.78, 5) is 98.7. The molecule has 17 rings (SSSR count). The minimum absolute atomic E-state index is 0.0334. The number of ketones is 3. The lowest BCUT2D eigenvalue weighted by Crippen LogP contribution is -2.03. The predicted molar refractivity (Wildman–Crippen MR) is 477 cm³/mol. The van der Waals surface area contributed by atoms with Gasteiger partial charge in [-0.15, -0.1) is 0 Å². The molecular formula is C103H90F5N7O10. The summed E-state index contributed by atoms with van der Waals surface area (Å²) in [6, 6.07) is 90.2. The third-order valence-electron chi connectivity index (χ3n) is 20.0. The van der Waals surface area contributed by atoms with Crippen molar-refractivity contribution < 1.29 is 70.5 Å². The highest BCUT2D eigenvalue weighted by Crippen LogP contribution is 2.29. The van der Waals surface area contributed by atoms with E-state index in [2.05, 4.69) is 34.6 Å². The molecule has 22 heteroatoms. The standard InChI is InChI=1S/2C24H21FN2O.C16H13FO3.C16H15FO2.C12H9F.C7H7N3.C4H4O3/c2*25-22-7-2-1-6-21(22)19-11-8-17(9-12-19)4-3-5-20(28)14-18-10-13-23-24(15-18)27-16-26-23;17-14-4-2-1-3-13(14)11-5-7-12(8-6-11)15(18)9-10-16(19)20;17-15-6-2-1-5-14(15)13-10-8-12(9-11-13)4-3-7-16(18)19;13-12-9-5-4-8-11(12)10-6-2-1-3-7-10;8-5-1-2-6-7(3-5)10-4-9-6;5-3-1-2-4(6)7-3/h2*1-2,6-13,15-16H,3-5,14H2,(H,26,27);1-8H,9-10H2,(H,19,20);1-2,5-6,8-11H,3-4,7H2,(H,18,19);1-9H;1-4H,8H2,(H,9,10);1-2H2. The van der Waals surface area contributed by atoms with Gasteiger partial charge in [-0.05, 0) is 167 Å². The van der Waals surface area contributed by atoms with Crippen molar-refractivity contribution in [3.8, 4) is 55.6 Å². The third kappa shape index (κ3) is 28.5. The first-order valence-electron chi connectivity index (χ1n) is 40.6. The Kier molecular flexibility index (Phi) is 33.7. The topological polar surface area (TPSA) is 281 Å². The smallest absolute Gasteiger partial charge is 0.314 e. The molecule has 0 radical (unpaired) electrons. The molecular weight excluding hydrogens is 1590 g/mol. The molecule has 632 valence electrons. The van der Waals surface area contributed by atoms with Crippen molar-refractivity contribution in [2.45, 2.75) is 96.3 Å². The van der Waals surface area contributed by atoms with Crippen molar-refractivity contribution in [1.29, 1.82) is 0 Å². The monoisotopic (exact) mass is 1680 g/mol. The number of Topliss-reactive ketones (excluding diaryl/α,β-unsaturated/α-hetero) is 3. The molecule has 0 atom stereocenters. The normalized spacial score (nSPS) is 11.1. The van der Waals surface area contributed by atoms with Crippen molar-refractivity contribution in [1.82, 2.24) is 29.9 Å². The van der Waals surface area contributed by atoms with Gasteiger partial charge in [0.05, 0.1) is 71.3 Å². The van der Waals surface area contributed by atoms with Crippen LogP contribution in [0.3, 0.4) is 0 Å². The number of fused-ring (bicyclic) bond motifs is 3. The van der Waals surface area contributed by atoms with E-state index in [1.54, 1.807) is 116 Å². The summed E-state index contributed by atoms with van der Waals surface area (Å²) < 4.78 is 72.3. The summed E-state index contributed by atoms with van der Waals surface area (Å²) in [6.07, 6.45) is 12.1. The Labute approximate surface area is 719 Å². The number of aromatic nitrogens is 6. The van der Waals surface area contributed by atoms with Gasteiger partial charge in [0.25, 0.3) is 0 Å². The van der Waals surface area contributed by atoms with Crippen LogP contribution in [-0.4, -0.2) is 81.3 Å². The van der Waals surface area contributed by atoms with E-state index in [9.17, 15) is 55.5 Å². The summed E-state index contributed by atoms with van der Waals surface area (Å²) in [5, 5.41) is 17.1. The van der Waals surface area contributed by atoms with Crippen LogP contribution in [0.15, 0.2) is 322 Å². The molecule has 1 fully saturated rings. The Morgan fingerprint density at radius 1 is 0.328 bits per heavy atom. The number of carbonyl (C=O) groups is 7. The molecule has 1 aliphatic rings. The zero-order valence-corrected chi connectivity index (χ0v) is 68.2. The quantitative estimate of drug-likeness (QED) is 0.0102. The lowest BCUT2D eigenvalue weighted by atomic mass is 9.99. The number of aryl methyl sites for hydroxylation is 3. The van der Waals surface area contributed by atoms with Gasteiger partial charge in [0, 0.05) is 77.6 Å². The number of esters is 2. The second-order valence-electron chi connectivity index (χ2n) is 29.2. The number of cyclic esters (lactones) is 2. The molecule has 16 aromatic rings. The summed E-state index contributed by atoms with van der Waals surface area (Å²) in [7, 11) is 0. The summed E-state index contributed by atoms with van der Waals surface area (Å²) in [5.41, 5.74) is 24.9. The van der Waals surface area contributed by atoms with Gasteiger partial charge in [-0.3, -0.25) is 33.6 Å². The van der Waals surface area contributed by atoms with Crippen LogP contribution in [0, 0.1) is 29.1 Å². The van der Waals surface area contributed by atoms with Gasteiger partial charge in [-0.2, -0.15) is 0 Å². The van der Waals surface area contributed by atoms with Crippen LogP contribution < -0.4 is 5.73 Å². The number of aliphatic carboxylic acids is 2. The zero-order chi connectivity index (χ0) is 88.2. The van der Waals surface area contributed by atoms with Crippen LogP contribution in [0.5, 0.6) is 0 Å². The lowest BCUT2D eigenvalue weighted by Gasteiger charge is -2.06. The van der Waals surface area contributed by atoms with Gasteiger partial charge in [0.1, 0.15) is 40.7 Å². The Bertz CT molecular complexity index is 6080. The van der Waals surface area contributed by atoms with E-state index < -0.39 is 23.9 Å². The first kappa shape index (κ1) is 90.6. The molecule has 0 aliphatic carbocycles. The van der Waals surface area contributed by atoms with Crippen LogP contribution >= 0.6 is 0 Å². The number of nitrogens with one attached hydrogen (secondary N) is 3. The Morgan fingerprint density at radius 2 is 0.624 bits per heavy atom. The number of H-pyrrole nitrogens is 3. The zero-order valence-electron chi connectivity index (χ0n) is 68.2. The van der Waals surface area contributed by atoms with Crippen LogP contribution in [0.25, 0.3) is 88.7 Å². The number of rotatable bonds is 25. The van der Waals surface area contributed by atoms with Gasteiger partial charge >= 0.3 is 23.9 Å². The molecule has 0 saturated carbocycles. The molecule has 0 bridgehead atoms. The maximum absolute atomic E-state index is 13.9. The maximum Gasteiger partial charge on any atom is 0.314 e. The number of hydrogen-bond donors (Lipinski definition) is 6. The second-order valence-corrected chi connectivity index (χ2v) is 29.2. The molecule has 0 unspecified atom stereocenters. The van der Waals surface area contributed by atoms with Gasteiger partial charge in [0.2, 0.25) is 0 Å². The fourth-order valence-corrected chi connectivity index (χ4v) is 13.5. The van der Waals surface area contributed by atoms with E-state index in [0.29, 0.717) is 71.0 Å². The predicted octanol–water partition coefficient (Wildman–Crippen LogP) is 22.9. The van der Waals surface area contributed by atoms with E-state index in [0.717, 1.165) is 121 Å². The molecule has 0 amide bonds. The van der Waals surface area contributed by atoms with Crippen molar-refractivity contribution in [2.75, 3.05) is 5.73 Å².